The van der Waals surface area contributed by atoms with Gasteiger partial charge in [0.25, 0.3) is 0 Å². The molecule has 1 unspecified atom stereocenters. The molecule has 0 aliphatic heterocycles. The quantitative estimate of drug-likeness (QED) is 0.713. The van der Waals surface area contributed by atoms with Gasteiger partial charge in [0.15, 0.2) is 5.82 Å². The molecule has 0 bridgehead atoms. The summed E-state index contributed by atoms with van der Waals surface area (Å²) < 4.78 is 10.3. The summed E-state index contributed by atoms with van der Waals surface area (Å²) in [6, 6.07) is 1.24. The summed E-state index contributed by atoms with van der Waals surface area (Å²) in [5, 5.41) is 9.42. The Morgan fingerprint density at radius 1 is 1.39 bits per heavy atom. The number of rotatable bonds is 8. The van der Waals surface area contributed by atoms with E-state index in [1.165, 1.54) is 0 Å². The van der Waals surface area contributed by atoms with Crippen LogP contribution in [0.25, 0.3) is 0 Å². The number of aryl methyl sites for hydroxylation is 1. The van der Waals surface area contributed by atoms with Crippen molar-refractivity contribution < 1.29 is 18.8 Å². The van der Waals surface area contributed by atoms with Gasteiger partial charge in [-0.2, -0.15) is 0 Å². The average Bonchev–Trinajstić information content (AvgIpc) is 2.81. The highest BCUT2D eigenvalue weighted by Gasteiger charge is 2.24. The van der Waals surface area contributed by atoms with Crippen LogP contribution in [0.5, 0.6) is 0 Å². The fourth-order valence-electron chi connectivity index (χ4n) is 1.96. The van der Waals surface area contributed by atoms with Crippen LogP contribution in [-0.4, -0.2) is 35.2 Å². The predicted octanol–water partition coefficient (Wildman–Crippen LogP) is 2.41. The Hall–Kier alpha value is -1.89. The van der Waals surface area contributed by atoms with Gasteiger partial charge in [-0.05, 0) is 34.1 Å². The van der Waals surface area contributed by atoms with Crippen molar-refractivity contribution in [3.8, 4) is 0 Å². The van der Waals surface area contributed by atoms with E-state index in [0.717, 1.165) is 6.42 Å². The molecule has 130 valence electrons. The second-order valence-corrected chi connectivity index (χ2v) is 6.45. The predicted molar refractivity (Wildman–Crippen MR) is 87.0 cm³/mol. The van der Waals surface area contributed by atoms with Gasteiger partial charge in [0.2, 0.25) is 5.91 Å². The number of esters is 1. The van der Waals surface area contributed by atoms with Crippen LogP contribution in [0.3, 0.4) is 0 Å². The highest BCUT2D eigenvalue weighted by Crippen LogP contribution is 2.11. The molecule has 7 nitrogen and oxygen atoms in total. The lowest BCUT2D eigenvalue weighted by atomic mass is 10.1. The number of anilines is 1. The van der Waals surface area contributed by atoms with Crippen molar-refractivity contribution in [1.82, 2.24) is 10.5 Å². The molecule has 1 atom stereocenters. The van der Waals surface area contributed by atoms with Gasteiger partial charge in [-0.3, -0.25) is 9.59 Å². The third-order valence-electron chi connectivity index (χ3n) is 2.91. The van der Waals surface area contributed by atoms with Crippen LogP contribution in [-0.2, 0) is 14.3 Å². The number of amides is 1. The highest BCUT2D eigenvalue weighted by molar-refractivity contribution is 5.89. The van der Waals surface area contributed by atoms with Crippen LogP contribution < -0.4 is 10.6 Å². The SMILES string of the molecule is CCCC(NCCC(=O)Nc1cc(C)on1)C(=O)OC(C)(C)C. The molecule has 23 heavy (non-hydrogen) atoms. The molecular formula is C16H27N3O4. The first-order valence-corrected chi connectivity index (χ1v) is 7.90. The largest absolute Gasteiger partial charge is 0.459 e. The smallest absolute Gasteiger partial charge is 0.323 e. The minimum absolute atomic E-state index is 0.190. The summed E-state index contributed by atoms with van der Waals surface area (Å²) in [6.07, 6.45) is 1.75. The molecule has 0 aliphatic carbocycles. The van der Waals surface area contributed by atoms with E-state index in [1.807, 2.05) is 27.7 Å². The van der Waals surface area contributed by atoms with Gasteiger partial charge in [0.05, 0.1) is 0 Å². The molecule has 2 N–H and O–H groups in total. The van der Waals surface area contributed by atoms with Crippen molar-refractivity contribution in [3.05, 3.63) is 11.8 Å². The van der Waals surface area contributed by atoms with Gasteiger partial charge in [-0.1, -0.05) is 18.5 Å². The maximum atomic E-state index is 12.1. The molecule has 1 aromatic rings. The molecule has 0 saturated carbocycles. The van der Waals surface area contributed by atoms with Crippen molar-refractivity contribution in [2.24, 2.45) is 0 Å². The Morgan fingerprint density at radius 2 is 2.09 bits per heavy atom. The van der Waals surface area contributed by atoms with Crippen LogP contribution in [0, 0.1) is 6.92 Å². The van der Waals surface area contributed by atoms with Gasteiger partial charge in [0.1, 0.15) is 17.4 Å². The van der Waals surface area contributed by atoms with E-state index in [9.17, 15) is 9.59 Å². The van der Waals surface area contributed by atoms with Gasteiger partial charge >= 0.3 is 5.97 Å². The summed E-state index contributed by atoms with van der Waals surface area (Å²) in [5.41, 5.74) is -0.521. The Kier molecular flexibility index (Phi) is 7.22. The zero-order valence-electron chi connectivity index (χ0n) is 14.6. The monoisotopic (exact) mass is 325 g/mol. The van der Waals surface area contributed by atoms with Crippen LogP contribution >= 0.6 is 0 Å². The summed E-state index contributed by atoms with van der Waals surface area (Å²) in [7, 11) is 0. The van der Waals surface area contributed by atoms with E-state index in [0.29, 0.717) is 24.5 Å². The molecule has 0 spiro atoms. The van der Waals surface area contributed by atoms with Crippen LogP contribution in [0.1, 0.15) is 52.7 Å². The Morgan fingerprint density at radius 3 is 2.61 bits per heavy atom. The second kappa shape index (κ2) is 8.67. The zero-order chi connectivity index (χ0) is 17.5. The lowest BCUT2D eigenvalue weighted by Crippen LogP contribution is -2.42. The Labute approximate surface area is 137 Å². The molecule has 0 aromatic carbocycles. The maximum Gasteiger partial charge on any atom is 0.323 e. The molecule has 0 radical (unpaired) electrons. The Balaban J connectivity index is 2.39. The number of ether oxygens (including phenoxy) is 1. The van der Waals surface area contributed by atoms with Gasteiger partial charge in [-0.15, -0.1) is 0 Å². The average molecular weight is 325 g/mol. The van der Waals surface area contributed by atoms with Crippen molar-refractivity contribution >= 4 is 17.7 Å². The minimum Gasteiger partial charge on any atom is -0.459 e. The third kappa shape index (κ3) is 7.78. The maximum absolute atomic E-state index is 12.1. The molecule has 1 aromatic heterocycles. The number of nitrogens with one attached hydrogen (secondary N) is 2. The normalized spacial score (nSPS) is 12.7. The van der Waals surface area contributed by atoms with Gasteiger partial charge in [0, 0.05) is 19.0 Å². The number of nitrogens with zero attached hydrogens (tertiary/aromatic N) is 1. The molecule has 0 aliphatic rings. The molecule has 1 heterocycles. The third-order valence-corrected chi connectivity index (χ3v) is 2.91. The number of aromatic nitrogens is 1. The first-order chi connectivity index (χ1) is 10.7. The fraction of sp³-hybridized carbons (Fsp3) is 0.688. The van der Waals surface area contributed by atoms with E-state index < -0.39 is 11.6 Å². The van der Waals surface area contributed by atoms with E-state index in [1.54, 1.807) is 13.0 Å². The Bertz CT molecular complexity index is 520. The number of hydrogen-bond donors (Lipinski definition) is 2. The minimum atomic E-state index is -0.521. The number of hydrogen-bond acceptors (Lipinski definition) is 6. The van der Waals surface area contributed by atoms with Crippen LogP contribution in [0.2, 0.25) is 0 Å². The fourth-order valence-corrected chi connectivity index (χ4v) is 1.96. The van der Waals surface area contributed by atoms with Crippen molar-refractivity contribution in [2.75, 3.05) is 11.9 Å². The van der Waals surface area contributed by atoms with E-state index in [2.05, 4.69) is 15.8 Å². The molecule has 1 rings (SSSR count). The van der Waals surface area contributed by atoms with Gasteiger partial charge in [-0.25, -0.2) is 0 Å². The zero-order valence-corrected chi connectivity index (χ0v) is 14.6. The molecule has 7 heteroatoms. The second-order valence-electron chi connectivity index (χ2n) is 6.45. The van der Waals surface area contributed by atoms with Gasteiger partial charge < -0.3 is 19.9 Å². The van der Waals surface area contributed by atoms with Crippen LogP contribution in [0.15, 0.2) is 10.6 Å². The molecular weight excluding hydrogens is 298 g/mol. The van der Waals surface area contributed by atoms with Crippen molar-refractivity contribution in [3.63, 3.8) is 0 Å². The summed E-state index contributed by atoms with van der Waals surface area (Å²) >= 11 is 0. The van der Waals surface area contributed by atoms with Crippen molar-refractivity contribution in [1.29, 1.82) is 0 Å². The first kappa shape index (κ1) is 19.2. The number of carbonyl (C=O) groups excluding carboxylic acids is 2. The van der Waals surface area contributed by atoms with Crippen molar-refractivity contribution in [2.45, 2.75) is 65.5 Å². The van der Waals surface area contributed by atoms with E-state index >= 15 is 0 Å². The summed E-state index contributed by atoms with van der Waals surface area (Å²) in [4.78, 5) is 23.9. The van der Waals surface area contributed by atoms with E-state index in [4.69, 9.17) is 9.26 Å². The number of carbonyl (C=O) groups is 2. The molecule has 0 saturated heterocycles. The lowest BCUT2D eigenvalue weighted by Gasteiger charge is -2.24. The molecule has 1 amide bonds. The van der Waals surface area contributed by atoms with Crippen LogP contribution in [0.4, 0.5) is 5.82 Å². The topological polar surface area (TPSA) is 93.5 Å². The lowest BCUT2D eigenvalue weighted by molar-refractivity contribution is -0.157. The first-order valence-electron chi connectivity index (χ1n) is 7.90. The standard InChI is InChI=1S/C16H27N3O4/c1-6-7-12(15(21)22-16(3,4)5)17-9-8-14(20)18-13-10-11(2)23-19-13/h10,12,17H,6-9H2,1-5H3,(H,18,19,20). The van der Waals surface area contributed by atoms with E-state index in [-0.39, 0.29) is 18.3 Å². The summed E-state index contributed by atoms with van der Waals surface area (Å²) in [6.45, 7) is 9.63. The molecule has 0 fully saturated rings. The summed E-state index contributed by atoms with van der Waals surface area (Å²) in [5.74, 6) is 0.549. The highest BCUT2D eigenvalue weighted by atomic mass is 16.6.